The standard InChI is InChI=1S/C25H34N2O9S2/c1-17(2)14-27(38(31,32)20-8-9-23-24(13-20)35-16-34-23)15-22(28)21(26-25(29)30)12-18-4-6-19(7-5-18)33-10-3-11-36-37/h4-9,13,17,21-22,26,28,37H,3,10-12,14-16H2,1-2H3,(H,29,30)/t21-,22-/m0/s1. The minimum Gasteiger partial charge on any atom is -0.494 e. The molecule has 11 nitrogen and oxygen atoms in total. The van der Waals surface area contributed by atoms with Gasteiger partial charge in [-0.05, 0) is 55.1 Å². The Labute approximate surface area is 228 Å². The van der Waals surface area contributed by atoms with Crippen LogP contribution in [0.15, 0.2) is 47.4 Å². The average molecular weight is 571 g/mol. The fourth-order valence-electron chi connectivity index (χ4n) is 3.93. The molecule has 3 N–H and O–H groups in total. The molecule has 0 saturated carbocycles. The van der Waals surface area contributed by atoms with Crippen molar-refractivity contribution in [1.29, 1.82) is 0 Å². The van der Waals surface area contributed by atoms with E-state index in [1.54, 1.807) is 24.3 Å². The summed E-state index contributed by atoms with van der Waals surface area (Å²) in [5.74, 6) is 1.36. The normalized spacial score (nSPS) is 14.5. The van der Waals surface area contributed by atoms with Gasteiger partial charge < -0.3 is 33.9 Å². The van der Waals surface area contributed by atoms with Gasteiger partial charge in [0.1, 0.15) is 5.75 Å². The minimum atomic E-state index is -4.03. The SMILES string of the molecule is CC(C)CN(C[C@H](O)[C@H](Cc1ccc(OCCCOS)cc1)NC(=O)O)S(=O)(=O)c1ccc2c(c1)OCO2. The van der Waals surface area contributed by atoms with Gasteiger partial charge in [0.05, 0.1) is 30.3 Å². The number of benzene rings is 2. The summed E-state index contributed by atoms with van der Waals surface area (Å²) in [6.07, 6.45) is -1.84. The molecule has 0 aliphatic carbocycles. The van der Waals surface area contributed by atoms with E-state index in [0.29, 0.717) is 36.9 Å². The van der Waals surface area contributed by atoms with Crippen molar-refractivity contribution >= 4 is 29.0 Å². The van der Waals surface area contributed by atoms with Gasteiger partial charge in [0.15, 0.2) is 11.5 Å². The van der Waals surface area contributed by atoms with E-state index in [1.165, 1.54) is 22.5 Å². The number of fused-ring (bicyclic) bond motifs is 1. The smallest absolute Gasteiger partial charge is 0.404 e. The summed E-state index contributed by atoms with van der Waals surface area (Å²) in [6, 6.07) is 10.4. The van der Waals surface area contributed by atoms with E-state index in [4.69, 9.17) is 18.4 Å². The Morgan fingerprint density at radius 1 is 1.11 bits per heavy atom. The molecular weight excluding hydrogens is 536 g/mol. The number of hydrogen-bond acceptors (Lipinski definition) is 9. The highest BCUT2D eigenvalue weighted by Gasteiger charge is 2.32. The van der Waals surface area contributed by atoms with E-state index in [2.05, 4.69) is 18.2 Å². The number of carboxylic acid groups (broad SMARTS) is 1. The molecular formula is C25H34N2O9S2. The van der Waals surface area contributed by atoms with E-state index in [0.717, 1.165) is 5.56 Å². The van der Waals surface area contributed by atoms with Gasteiger partial charge in [0.2, 0.25) is 16.8 Å². The van der Waals surface area contributed by atoms with Gasteiger partial charge in [-0.1, -0.05) is 26.0 Å². The van der Waals surface area contributed by atoms with Crippen molar-refractivity contribution in [2.45, 2.75) is 43.7 Å². The number of hydrogen-bond donors (Lipinski definition) is 4. The number of aliphatic hydroxyl groups excluding tert-OH is 1. The fourth-order valence-corrected chi connectivity index (χ4v) is 5.70. The van der Waals surface area contributed by atoms with Crippen LogP contribution in [-0.4, -0.2) is 74.3 Å². The fraction of sp³-hybridized carbons (Fsp3) is 0.480. The number of nitrogens with one attached hydrogen (secondary N) is 1. The van der Waals surface area contributed by atoms with Crippen LogP contribution < -0.4 is 19.5 Å². The lowest BCUT2D eigenvalue weighted by atomic mass is 10.0. The monoisotopic (exact) mass is 570 g/mol. The lowest BCUT2D eigenvalue weighted by Crippen LogP contribution is -2.50. The second kappa shape index (κ2) is 13.9. The maximum absolute atomic E-state index is 13.5. The van der Waals surface area contributed by atoms with Crippen molar-refractivity contribution in [3.8, 4) is 17.2 Å². The zero-order chi connectivity index (χ0) is 27.7. The molecule has 1 amide bonds. The summed E-state index contributed by atoms with van der Waals surface area (Å²) < 4.78 is 49.1. The van der Waals surface area contributed by atoms with Gasteiger partial charge in [0.25, 0.3) is 0 Å². The molecule has 0 saturated heterocycles. The average Bonchev–Trinajstić information content (AvgIpc) is 3.34. The Bertz CT molecular complexity index is 1160. The molecule has 2 atom stereocenters. The van der Waals surface area contributed by atoms with Crippen LogP contribution in [0.2, 0.25) is 0 Å². The topological polar surface area (TPSA) is 144 Å². The Balaban J connectivity index is 1.74. The number of amides is 1. The Kier molecular flexibility index (Phi) is 10.9. The maximum Gasteiger partial charge on any atom is 0.404 e. The first-order valence-electron chi connectivity index (χ1n) is 12.2. The summed E-state index contributed by atoms with van der Waals surface area (Å²) in [6.45, 7) is 4.44. The Morgan fingerprint density at radius 3 is 2.47 bits per heavy atom. The lowest BCUT2D eigenvalue weighted by Gasteiger charge is -2.30. The molecule has 0 fully saturated rings. The largest absolute Gasteiger partial charge is 0.494 e. The van der Waals surface area contributed by atoms with Crippen molar-refractivity contribution in [3.05, 3.63) is 48.0 Å². The third kappa shape index (κ3) is 8.40. The van der Waals surface area contributed by atoms with Gasteiger partial charge in [0, 0.05) is 25.6 Å². The highest BCUT2D eigenvalue weighted by Crippen LogP contribution is 2.35. The van der Waals surface area contributed by atoms with Crippen molar-refractivity contribution in [2.75, 3.05) is 33.1 Å². The van der Waals surface area contributed by atoms with Crippen molar-refractivity contribution in [1.82, 2.24) is 9.62 Å². The van der Waals surface area contributed by atoms with E-state index >= 15 is 0 Å². The number of thiol groups is 1. The third-order valence-electron chi connectivity index (χ3n) is 5.74. The second-order valence-electron chi connectivity index (χ2n) is 9.24. The van der Waals surface area contributed by atoms with Crippen LogP contribution >= 0.6 is 12.9 Å². The van der Waals surface area contributed by atoms with Crippen LogP contribution in [0, 0.1) is 5.92 Å². The molecule has 210 valence electrons. The number of sulfonamides is 1. The van der Waals surface area contributed by atoms with Gasteiger partial charge in [-0.15, -0.1) is 0 Å². The molecule has 2 aromatic carbocycles. The molecule has 0 bridgehead atoms. The number of ether oxygens (including phenoxy) is 3. The molecule has 1 aliphatic rings. The third-order valence-corrected chi connectivity index (χ3v) is 7.75. The lowest BCUT2D eigenvalue weighted by molar-refractivity contribution is 0.0980. The van der Waals surface area contributed by atoms with Crippen molar-refractivity contribution in [2.24, 2.45) is 5.92 Å². The van der Waals surface area contributed by atoms with Crippen molar-refractivity contribution < 1.29 is 41.8 Å². The first-order valence-corrected chi connectivity index (χ1v) is 14.0. The summed E-state index contributed by atoms with van der Waals surface area (Å²) in [7, 11) is -4.03. The van der Waals surface area contributed by atoms with E-state index in [-0.39, 0.29) is 37.1 Å². The number of nitrogens with zero attached hydrogens (tertiary/aromatic N) is 1. The molecule has 38 heavy (non-hydrogen) atoms. The molecule has 1 heterocycles. The first-order chi connectivity index (χ1) is 18.1. The summed E-state index contributed by atoms with van der Waals surface area (Å²) in [5, 5.41) is 22.8. The predicted molar refractivity (Wildman–Crippen MR) is 142 cm³/mol. The van der Waals surface area contributed by atoms with Gasteiger partial charge in [-0.3, -0.25) is 0 Å². The zero-order valence-electron chi connectivity index (χ0n) is 21.3. The first kappa shape index (κ1) is 29.8. The molecule has 13 heteroatoms. The van der Waals surface area contributed by atoms with E-state index < -0.39 is 28.3 Å². The van der Waals surface area contributed by atoms with E-state index in [9.17, 15) is 23.4 Å². The molecule has 0 radical (unpaired) electrons. The molecule has 0 aromatic heterocycles. The summed E-state index contributed by atoms with van der Waals surface area (Å²) in [4.78, 5) is 11.5. The second-order valence-corrected chi connectivity index (χ2v) is 11.4. The van der Waals surface area contributed by atoms with Crippen LogP contribution in [0.4, 0.5) is 4.79 Å². The number of rotatable bonds is 15. The highest BCUT2D eigenvalue weighted by atomic mass is 32.2. The van der Waals surface area contributed by atoms with Crippen LogP contribution in [0.25, 0.3) is 0 Å². The van der Waals surface area contributed by atoms with Crippen LogP contribution in [0.3, 0.4) is 0 Å². The minimum absolute atomic E-state index is 0.00568. The summed E-state index contributed by atoms with van der Waals surface area (Å²) >= 11 is 3.68. The number of aliphatic hydroxyl groups is 1. The Morgan fingerprint density at radius 2 is 1.82 bits per heavy atom. The van der Waals surface area contributed by atoms with E-state index in [1.807, 2.05) is 13.8 Å². The Hall–Kier alpha value is -2.71. The molecule has 1 aliphatic heterocycles. The number of carbonyl (C=O) groups is 1. The van der Waals surface area contributed by atoms with Gasteiger partial charge in [-0.2, -0.15) is 4.31 Å². The molecule has 2 aromatic rings. The van der Waals surface area contributed by atoms with Crippen LogP contribution in [-0.2, 0) is 20.6 Å². The molecule has 3 rings (SSSR count). The zero-order valence-corrected chi connectivity index (χ0v) is 23.0. The van der Waals surface area contributed by atoms with Gasteiger partial charge in [-0.25, -0.2) is 13.2 Å². The maximum atomic E-state index is 13.5. The summed E-state index contributed by atoms with van der Waals surface area (Å²) in [5.41, 5.74) is 0.739. The molecule has 0 unspecified atom stereocenters. The highest BCUT2D eigenvalue weighted by molar-refractivity contribution is 7.89. The predicted octanol–water partition coefficient (Wildman–Crippen LogP) is 2.93. The molecule has 0 spiro atoms. The van der Waals surface area contributed by atoms with Gasteiger partial charge >= 0.3 is 6.09 Å². The van der Waals surface area contributed by atoms with Crippen molar-refractivity contribution in [3.63, 3.8) is 0 Å². The van der Waals surface area contributed by atoms with Crippen LogP contribution in [0.5, 0.6) is 17.2 Å². The quantitative estimate of drug-likeness (QED) is 0.144. The van der Waals surface area contributed by atoms with Crippen LogP contribution in [0.1, 0.15) is 25.8 Å².